The van der Waals surface area contributed by atoms with E-state index in [1.807, 2.05) is 22.8 Å². The molecule has 18 heavy (non-hydrogen) atoms. The fourth-order valence-corrected chi connectivity index (χ4v) is 1.99. The lowest BCUT2D eigenvalue weighted by molar-refractivity contribution is 0.956. The molecule has 0 aliphatic heterocycles. The van der Waals surface area contributed by atoms with E-state index in [4.69, 9.17) is 0 Å². The van der Waals surface area contributed by atoms with E-state index < -0.39 is 0 Å². The number of hydrogen-bond acceptors (Lipinski definition) is 2. The summed E-state index contributed by atoms with van der Waals surface area (Å²) in [5, 5.41) is 4.52. The Bertz CT molecular complexity index is 726. The highest BCUT2D eigenvalue weighted by atomic mass is 15.3. The van der Waals surface area contributed by atoms with Crippen molar-refractivity contribution in [3.8, 4) is 11.4 Å². The summed E-state index contributed by atoms with van der Waals surface area (Å²) in [7, 11) is 0. The first kappa shape index (κ1) is 11.0. The first-order valence-corrected chi connectivity index (χ1v) is 6.04. The highest BCUT2D eigenvalue weighted by Gasteiger charge is 2.07. The average Bonchev–Trinajstić information content (AvgIpc) is 2.75. The summed E-state index contributed by atoms with van der Waals surface area (Å²) < 4.78 is 1.83. The van der Waals surface area contributed by atoms with Crippen molar-refractivity contribution in [3.63, 3.8) is 0 Å². The standard InChI is InChI=1S/C15H15N3/c1-10-4-7-14-16-15(17-18(14)9-10)13-6-5-11(2)12(3)8-13/h4-9H,1-3H3. The largest absolute Gasteiger partial charge is 0.220 e. The lowest BCUT2D eigenvalue weighted by Crippen LogP contribution is -1.88. The molecule has 0 fully saturated rings. The van der Waals surface area contributed by atoms with Crippen LogP contribution >= 0.6 is 0 Å². The predicted octanol–water partition coefficient (Wildman–Crippen LogP) is 3.32. The van der Waals surface area contributed by atoms with Gasteiger partial charge in [0.15, 0.2) is 11.5 Å². The van der Waals surface area contributed by atoms with E-state index in [9.17, 15) is 0 Å². The van der Waals surface area contributed by atoms with Crippen LogP contribution in [0.5, 0.6) is 0 Å². The molecule has 0 radical (unpaired) electrons. The van der Waals surface area contributed by atoms with Crippen molar-refractivity contribution in [2.24, 2.45) is 0 Å². The Balaban J connectivity index is 2.16. The van der Waals surface area contributed by atoms with Gasteiger partial charge in [0.2, 0.25) is 0 Å². The van der Waals surface area contributed by atoms with E-state index in [-0.39, 0.29) is 0 Å². The number of aromatic nitrogens is 3. The number of benzene rings is 1. The van der Waals surface area contributed by atoms with E-state index >= 15 is 0 Å². The Morgan fingerprint density at radius 3 is 2.56 bits per heavy atom. The normalized spacial score (nSPS) is 11.1. The van der Waals surface area contributed by atoms with Gasteiger partial charge in [-0.25, -0.2) is 9.50 Å². The zero-order valence-electron chi connectivity index (χ0n) is 10.8. The molecular formula is C15H15N3. The van der Waals surface area contributed by atoms with Gasteiger partial charge < -0.3 is 0 Å². The smallest absolute Gasteiger partial charge is 0.182 e. The Morgan fingerprint density at radius 2 is 1.78 bits per heavy atom. The van der Waals surface area contributed by atoms with Gasteiger partial charge in [0.05, 0.1) is 0 Å². The average molecular weight is 237 g/mol. The van der Waals surface area contributed by atoms with Gasteiger partial charge in [-0.2, -0.15) is 0 Å². The van der Waals surface area contributed by atoms with Crippen molar-refractivity contribution >= 4 is 5.65 Å². The summed E-state index contributed by atoms with van der Waals surface area (Å²) in [4.78, 5) is 4.55. The lowest BCUT2D eigenvalue weighted by Gasteiger charge is -2.01. The van der Waals surface area contributed by atoms with E-state index in [1.54, 1.807) is 0 Å². The molecule has 0 saturated heterocycles. The molecule has 3 heteroatoms. The van der Waals surface area contributed by atoms with Gasteiger partial charge in [-0.1, -0.05) is 18.2 Å². The predicted molar refractivity (Wildman–Crippen MR) is 72.6 cm³/mol. The van der Waals surface area contributed by atoms with Gasteiger partial charge in [-0.3, -0.25) is 0 Å². The van der Waals surface area contributed by atoms with E-state index in [1.165, 1.54) is 16.7 Å². The molecule has 0 aliphatic carbocycles. The molecular weight excluding hydrogens is 222 g/mol. The molecule has 2 heterocycles. The van der Waals surface area contributed by atoms with Crippen LogP contribution < -0.4 is 0 Å². The molecule has 3 aromatic rings. The van der Waals surface area contributed by atoms with Crippen molar-refractivity contribution in [3.05, 3.63) is 53.2 Å². The van der Waals surface area contributed by atoms with Crippen LogP contribution in [0.25, 0.3) is 17.0 Å². The fraction of sp³-hybridized carbons (Fsp3) is 0.200. The number of rotatable bonds is 1. The molecule has 0 aliphatic rings. The van der Waals surface area contributed by atoms with Crippen LogP contribution in [-0.4, -0.2) is 14.6 Å². The number of aryl methyl sites for hydroxylation is 3. The SMILES string of the molecule is Cc1ccc2nc(-c3ccc(C)c(C)c3)nn2c1. The highest BCUT2D eigenvalue weighted by Crippen LogP contribution is 2.19. The molecule has 0 spiro atoms. The molecule has 3 nitrogen and oxygen atoms in total. The number of pyridine rings is 1. The molecule has 1 aromatic carbocycles. The zero-order chi connectivity index (χ0) is 12.7. The third-order valence-corrected chi connectivity index (χ3v) is 3.24. The minimum absolute atomic E-state index is 0.781. The summed E-state index contributed by atoms with van der Waals surface area (Å²) in [5.41, 5.74) is 5.69. The molecule has 0 N–H and O–H groups in total. The zero-order valence-corrected chi connectivity index (χ0v) is 10.8. The monoisotopic (exact) mass is 237 g/mol. The van der Waals surface area contributed by atoms with Crippen LogP contribution in [0.15, 0.2) is 36.5 Å². The highest BCUT2D eigenvalue weighted by molar-refractivity contribution is 5.60. The number of hydrogen-bond donors (Lipinski definition) is 0. The maximum absolute atomic E-state index is 4.55. The summed E-state index contributed by atoms with van der Waals surface area (Å²) in [6.07, 6.45) is 1.99. The first-order valence-electron chi connectivity index (χ1n) is 6.04. The Morgan fingerprint density at radius 1 is 0.944 bits per heavy atom. The second-order valence-electron chi connectivity index (χ2n) is 4.74. The molecule has 0 amide bonds. The Hall–Kier alpha value is -2.16. The van der Waals surface area contributed by atoms with Crippen LogP contribution in [0.1, 0.15) is 16.7 Å². The van der Waals surface area contributed by atoms with Gasteiger partial charge >= 0.3 is 0 Å². The second-order valence-corrected chi connectivity index (χ2v) is 4.74. The van der Waals surface area contributed by atoms with Crippen LogP contribution in [0.2, 0.25) is 0 Å². The summed E-state index contributed by atoms with van der Waals surface area (Å²) >= 11 is 0. The van der Waals surface area contributed by atoms with Crippen molar-refractivity contribution in [1.29, 1.82) is 0 Å². The summed E-state index contributed by atoms with van der Waals surface area (Å²) in [5.74, 6) is 0.781. The van der Waals surface area contributed by atoms with Crippen LogP contribution in [0, 0.1) is 20.8 Å². The van der Waals surface area contributed by atoms with Crippen LogP contribution in [0.3, 0.4) is 0 Å². The maximum Gasteiger partial charge on any atom is 0.182 e. The number of fused-ring (bicyclic) bond motifs is 1. The minimum atomic E-state index is 0.781. The Kier molecular flexibility index (Phi) is 2.40. The van der Waals surface area contributed by atoms with Gasteiger partial charge in [0, 0.05) is 11.8 Å². The summed E-state index contributed by atoms with van der Waals surface area (Å²) in [6.45, 7) is 6.27. The van der Waals surface area contributed by atoms with Gasteiger partial charge in [-0.05, 0) is 49.6 Å². The maximum atomic E-state index is 4.55. The van der Waals surface area contributed by atoms with Gasteiger partial charge in [-0.15, -0.1) is 5.10 Å². The Labute approximate surface area is 106 Å². The van der Waals surface area contributed by atoms with E-state index in [0.717, 1.165) is 17.0 Å². The molecule has 90 valence electrons. The minimum Gasteiger partial charge on any atom is -0.220 e. The molecule has 2 aromatic heterocycles. The lowest BCUT2D eigenvalue weighted by atomic mass is 10.1. The quantitative estimate of drug-likeness (QED) is 0.650. The third-order valence-electron chi connectivity index (χ3n) is 3.24. The molecule has 0 saturated carbocycles. The molecule has 0 unspecified atom stereocenters. The van der Waals surface area contributed by atoms with Crippen LogP contribution in [-0.2, 0) is 0 Å². The van der Waals surface area contributed by atoms with Gasteiger partial charge in [0.25, 0.3) is 0 Å². The fourth-order valence-electron chi connectivity index (χ4n) is 1.99. The van der Waals surface area contributed by atoms with Gasteiger partial charge in [0.1, 0.15) is 0 Å². The van der Waals surface area contributed by atoms with E-state index in [2.05, 4.69) is 49.1 Å². The van der Waals surface area contributed by atoms with E-state index in [0.29, 0.717) is 0 Å². The van der Waals surface area contributed by atoms with Crippen molar-refractivity contribution in [1.82, 2.24) is 14.6 Å². The first-order chi connectivity index (χ1) is 8.63. The molecule has 0 atom stereocenters. The topological polar surface area (TPSA) is 30.2 Å². The molecule has 0 bridgehead atoms. The molecule has 3 rings (SSSR count). The van der Waals surface area contributed by atoms with Crippen molar-refractivity contribution in [2.45, 2.75) is 20.8 Å². The number of nitrogens with zero attached hydrogens (tertiary/aromatic N) is 3. The second kappa shape index (κ2) is 3.95. The third kappa shape index (κ3) is 1.78. The van der Waals surface area contributed by atoms with Crippen molar-refractivity contribution < 1.29 is 0 Å². The van der Waals surface area contributed by atoms with Crippen molar-refractivity contribution in [2.75, 3.05) is 0 Å². The summed E-state index contributed by atoms with van der Waals surface area (Å²) in [6, 6.07) is 10.4. The van der Waals surface area contributed by atoms with Crippen LogP contribution in [0.4, 0.5) is 0 Å².